The zero-order chi connectivity index (χ0) is 12.0. The summed E-state index contributed by atoms with van der Waals surface area (Å²) in [6, 6.07) is 0. The van der Waals surface area contributed by atoms with Gasteiger partial charge in [0, 0.05) is 32.0 Å². The molecule has 0 spiro atoms. The van der Waals surface area contributed by atoms with Gasteiger partial charge in [-0.15, -0.1) is 0 Å². The van der Waals surface area contributed by atoms with Gasteiger partial charge in [-0.3, -0.25) is 4.79 Å². The molecular formula is C13H25NO2. The number of hydrogen-bond donors (Lipinski definition) is 1. The number of aliphatic hydroxyl groups excluding tert-OH is 1. The smallest absolute Gasteiger partial charge is 0.223 e. The third-order valence-corrected chi connectivity index (χ3v) is 3.57. The third-order valence-electron chi connectivity index (χ3n) is 3.57. The molecule has 0 aromatic rings. The molecule has 1 aliphatic rings. The molecule has 0 aliphatic carbocycles. The Morgan fingerprint density at radius 2 is 2.25 bits per heavy atom. The molecule has 1 N–H and O–H groups in total. The highest BCUT2D eigenvalue weighted by atomic mass is 16.3. The minimum absolute atomic E-state index is 0.147. The van der Waals surface area contributed by atoms with Crippen LogP contribution in [0.25, 0.3) is 0 Å². The average molecular weight is 227 g/mol. The van der Waals surface area contributed by atoms with Gasteiger partial charge < -0.3 is 10.0 Å². The van der Waals surface area contributed by atoms with Crippen LogP contribution in [0.3, 0.4) is 0 Å². The third kappa shape index (κ3) is 3.78. The van der Waals surface area contributed by atoms with Gasteiger partial charge >= 0.3 is 0 Å². The molecule has 0 radical (unpaired) electrons. The second-order valence-electron chi connectivity index (χ2n) is 4.97. The van der Waals surface area contributed by atoms with Gasteiger partial charge in [-0.2, -0.15) is 0 Å². The lowest BCUT2D eigenvalue weighted by Crippen LogP contribution is -2.31. The Labute approximate surface area is 98.8 Å². The maximum absolute atomic E-state index is 11.7. The molecule has 1 heterocycles. The van der Waals surface area contributed by atoms with E-state index in [9.17, 15) is 4.79 Å². The minimum Gasteiger partial charge on any atom is -0.396 e. The fourth-order valence-electron chi connectivity index (χ4n) is 2.38. The monoisotopic (exact) mass is 227 g/mol. The number of carbonyl (C=O) groups excluding carboxylic acids is 1. The van der Waals surface area contributed by atoms with Crippen molar-refractivity contribution < 1.29 is 9.90 Å². The van der Waals surface area contributed by atoms with Gasteiger partial charge in [-0.05, 0) is 12.3 Å². The van der Waals surface area contributed by atoms with Gasteiger partial charge in [0.15, 0.2) is 0 Å². The standard InChI is InChI=1S/C13H25NO2/c1-3-5-6-11(4-2)8-14-9-12(10-15)7-13(14)16/h11-12,15H,3-10H2,1-2H3. The fourth-order valence-corrected chi connectivity index (χ4v) is 2.38. The summed E-state index contributed by atoms with van der Waals surface area (Å²) in [5.74, 6) is 1.05. The zero-order valence-electron chi connectivity index (χ0n) is 10.6. The summed E-state index contributed by atoms with van der Waals surface area (Å²) >= 11 is 0. The van der Waals surface area contributed by atoms with Crippen molar-refractivity contribution in [3.63, 3.8) is 0 Å². The Kier molecular flexibility index (Phi) is 5.81. The Hall–Kier alpha value is -0.570. The second-order valence-corrected chi connectivity index (χ2v) is 4.97. The molecule has 94 valence electrons. The summed E-state index contributed by atoms with van der Waals surface area (Å²) in [5, 5.41) is 9.06. The van der Waals surface area contributed by atoms with Crippen molar-refractivity contribution in [2.24, 2.45) is 11.8 Å². The predicted octanol–water partition coefficient (Wildman–Crippen LogP) is 2.04. The summed E-state index contributed by atoms with van der Waals surface area (Å²) in [5.41, 5.74) is 0. The average Bonchev–Trinajstić information content (AvgIpc) is 2.65. The Balaban J connectivity index is 2.36. The van der Waals surface area contributed by atoms with Crippen LogP contribution in [0.2, 0.25) is 0 Å². The van der Waals surface area contributed by atoms with Gasteiger partial charge in [0.2, 0.25) is 5.91 Å². The van der Waals surface area contributed by atoms with Crippen LogP contribution in [0.5, 0.6) is 0 Å². The molecule has 1 fully saturated rings. The molecule has 2 atom stereocenters. The van der Waals surface area contributed by atoms with Gasteiger partial charge in [0.1, 0.15) is 0 Å². The van der Waals surface area contributed by atoms with E-state index in [-0.39, 0.29) is 18.4 Å². The first-order valence-electron chi connectivity index (χ1n) is 6.59. The Morgan fingerprint density at radius 1 is 1.50 bits per heavy atom. The van der Waals surface area contributed by atoms with Crippen LogP contribution in [-0.4, -0.2) is 35.6 Å². The molecule has 3 heteroatoms. The van der Waals surface area contributed by atoms with E-state index in [0.29, 0.717) is 12.3 Å². The van der Waals surface area contributed by atoms with E-state index in [1.807, 2.05) is 4.90 Å². The lowest BCUT2D eigenvalue weighted by molar-refractivity contribution is -0.128. The Morgan fingerprint density at radius 3 is 2.75 bits per heavy atom. The molecule has 1 amide bonds. The molecule has 2 unspecified atom stereocenters. The molecule has 1 saturated heterocycles. The fraction of sp³-hybridized carbons (Fsp3) is 0.923. The second kappa shape index (κ2) is 6.89. The van der Waals surface area contributed by atoms with E-state index in [1.165, 1.54) is 19.3 Å². The molecule has 3 nitrogen and oxygen atoms in total. The first-order chi connectivity index (χ1) is 7.71. The van der Waals surface area contributed by atoms with E-state index >= 15 is 0 Å². The van der Waals surface area contributed by atoms with E-state index in [1.54, 1.807) is 0 Å². The number of nitrogens with zero attached hydrogens (tertiary/aromatic N) is 1. The molecular weight excluding hydrogens is 202 g/mol. The number of likely N-dealkylation sites (tertiary alicyclic amines) is 1. The van der Waals surface area contributed by atoms with Crippen LogP contribution in [0.1, 0.15) is 46.0 Å². The van der Waals surface area contributed by atoms with Crippen LogP contribution in [0.15, 0.2) is 0 Å². The maximum Gasteiger partial charge on any atom is 0.223 e. The van der Waals surface area contributed by atoms with Gasteiger partial charge in [0.25, 0.3) is 0 Å². The largest absolute Gasteiger partial charge is 0.396 e. The summed E-state index contributed by atoms with van der Waals surface area (Å²) in [6.45, 7) is 6.21. The van der Waals surface area contributed by atoms with Gasteiger partial charge in [-0.1, -0.05) is 33.1 Å². The van der Waals surface area contributed by atoms with Crippen LogP contribution in [0.4, 0.5) is 0 Å². The maximum atomic E-state index is 11.7. The van der Waals surface area contributed by atoms with Crippen molar-refractivity contribution in [1.82, 2.24) is 4.90 Å². The predicted molar refractivity (Wildman–Crippen MR) is 65.1 cm³/mol. The van der Waals surface area contributed by atoms with Crippen molar-refractivity contribution >= 4 is 5.91 Å². The van der Waals surface area contributed by atoms with E-state index in [2.05, 4.69) is 13.8 Å². The summed E-state index contributed by atoms with van der Waals surface area (Å²) < 4.78 is 0. The van der Waals surface area contributed by atoms with Gasteiger partial charge in [0.05, 0.1) is 0 Å². The van der Waals surface area contributed by atoms with E-state index < -0.39 is 0 Å². The molecule has 1 rings (SSSR count). The molecule has 0 aromatic heterocycles. The number of rotatable bonds is 7. The van der Waals surface area contributed by atoms with Crippen LogP contribution in [-0.2, 0) is 4.79 Å². The number of amides is 1. The highest BCUT2D eigenvalue weighted by Gasteiger charge is 2.29. The summed E-state index contributed by atoms with van der Waals surface area (Å²) in [4.78, 5) is 13.6. The number of aliphatic hydroxyl groups is 1. The number of carbonyl (C=O) groups is 1. The summed E-state index contributed by atoms with van der Waals surface area (Å²) in [6.07, 6.45) is 5.39. The summed E-state index contributed by atoms with van der Waals surface area (Å²) in [7, 11) is 0. The highest BCUT2D eigenvalue weighted by molar-refractivity contribution is 5.78. The molecule has 0 aromatic carbocycles. The molecule has 1 aliphatic heterocycles. The lowest BCUT2D eigenvalue weighted by atomic mass is 9.99. The van der Waals surface area contributed by atoms with Crippen molar-refractivity contribution in [2.75, 3.05) is 19.7 Å². The first kappa shape index (κ1) is 13.5. The first-order valence-corrected chi connectivity index (χ1v) is 6.59. The quantitative estimate of drug-likeness (QED) is 0.723. The minimum atomic E-state index is 0.147. The van der Waals surface area contributed by atoms with Crippen molar-refractivity contribution in [3.05, 3.63) is 0 Å². The molecule has 0 saturated carbocycles. The topological polar surface area (TPSA) is 40.5 Å². The van der Waals surface area contributed by atoms with Crippen molar-refractivity contribution in [1.29, 1.82) is 0 Å². The van der Waals surface area contributed by atoms with E-state index in [0.717, 1.165) is 19.5 Å². The highest BCUT2D eigenvalue weighted by Crippen LogP contribution is 2.21. The van der Waals surface area contributed by atoms with E-state index in [4.69, 9.17) is 5.11 Å². The number of unbranched alkanes of at least 4 members (excludes halogenated alkanes) is 1. The van der Waals surface area contributed by atoms with Crippen LogP contribution in [0, 0.1) is 11.8 Å². The SMILES string of the molecule is CCCCC(CC)CN1CC(CO)CC1=O. The number of hydrogen-bond acceptors (Lipinski definition) is 2. The molecule has 0 bridgehead atoms. The molecule has 16 heavy (non-hydrogen) atoms. The zero-order valence-corrected chi connectivity index (χ0v) is 10.6. The van der Waals surface area contributed by atoms with Gasteiger partial charge in [-0.25, -0.2) is 0 Å². The Bertz CT molecular complexity index is 218. The normalized spacial score (nSPS) is 22.8. The van der Waals surface area contributed by atoms with Crippen LogP contribution >= 0.6 is 0 Å². The lowest BCUT2D eigenvalue weighted by Gasteiger charge is -2.23. The van der Waals surface area contributed by atoms with Crippen LogP contribution < -0.4 is 0 Å². The van der Waals surface area contributed by atoms with Crippen molar-refractivity contribution in [2.45, 2.75) is 46.0 Å². The van der Waals surface area contributed by atoms with Crippen molar-refractivity contribution in [3.8, 4) is 0 Å².